The molecule has 0 bridgehead atoms. The van der Waals surface area contributed by atoms with Crippen LogP contribution in [0, 0.1) is 26.6 Å². The van der Waals surface area contributed by atoms with Crippen LogP contribution in [-0.4, -0.2) is 65.9 Å². The lowest BCUT2D eigenvalue weighted by molar-refractivity contribution is -0.138. The van der Waals surface area contributed by atoms with E-state index in [0.29, 0.717) is 28.0 Å². The maximum Gasteiger partial charge on any atom is 0.245 e. The summed E-state index contributed by atoms with van der Waals surface area (Å²) >= 11 is 0. The third-order valence-corrected chi connectivity index (χ3v) is 7.21. The van der Waals surface area contributed by atoms with Gasteiger partial charge in [0.2, 0.25) is 5.91 Å². The van der Waals surface area contributed by atoms with E-state index in [9.17, 15) is 23.2 Å². The molecule has 0 saturated carbocycles. The van der Waals surface area contributed by atoms with E-state index in [2.05, 4.69) is 20.1 Å². The maximum atomic E-state index is 14.5. The highest BCUT2D eigenvalue weighted by molar-refractivity contribution is 6.06. The molecule has 0 N–H and O–H groups in total. The number of hydrogen-bond donors (Lipinski definition) is 0. The number of rotatable bonds is 7. The van der Waals surface area contributed by atoms with E-state index in [-0.39, 0.29) is 48.9 Å². The number of benzene rings is 1. The standard InChI is InChI=1S/C29H28F2N6O3/c1-15-7-23(31)16(2)34-24(15)10-27(39)26-9-21(30)13-36(26)28(40)14-37-25-6-5-19(20-11-32-18(4)33-12-20)8-22(25)29(35-37)17(3)38/h5-8,11-12,21,26H,9-10,13-14H2,1-4H3/t21-,26+/m1/s1. The predicted octanol–water partition coefficient (Wildman–Crippen LogP) is 3.91. The van der Waals surface area contributed by atoms with E-state index in [4.69, 9.17) is 0 Å². The Morgan fingerprint density at radius 2 is 1.77 bits per heavy atom. The van der Waals surface area contributed by atoms with Crippen LogP contribution < -0.4 is 0 Å². The second-order valence-electron chi connectivity index (χ2n) is 10.2. The molecule has 4 aromatic rings. The number of nitrogens with zero attached hydrogens (tertiary/aromatic N) is 6. The Hall–Kier alpha value is -4.41. The molecule has 0 radical (unpaired) electrons. The van der Waals surface area contributed by atoms with Crippen molar-refractivity contribution in [1.29, 1.82) is 0 Å². The molecule has 0 spiro atoms. The molecule has 5 rings (SSSR count). The normalized spacial score (nSPS) is 17.0. The van der Waals surface area contributed by atoms with Gasteiger partial charge >= 0.3 is 0 Å². The number of Topliss-reactive ketones (excluding diaryl/α,β-unsaturated/α-hetero) is 2. The summed E-state index contributed by atoms with van der Waals surface area (Å²) in [5.74, 6) is -0.965. The maximum absolute atomic E-state index is 14.5. The highest BCUT2D eigenvalue weighted by Gasteiger charge is 2.40. The van der Waals surface area contributed by atoms with Crippen molar-refractivity contribution >= 4 is 28.4 Å². The number of hydrogen-bond acceptors (Lipinski definition) is 7. The number of halogens is 2. The fourth-order valence-corrected chi connectivity index (χ4v) is 5.05. The Kier molecular flexibility index (Phi) is 7.22. The van der Waals surface area contributed by atoms with E-state index >= 15 is 0 Å². The summed E-state index contributed by atoms with van der Waals surface area (Å²) in [5, 5.41) is 4.96. The van der Waals surface area contributed by atoms with E-state index in [0.717, 1.165) is 11.1 Å². The number of ketones is 2. The van der Waals surface area contributed by atoms with Crippen LogP contribution in [0.3, 0.4) is 0 Å². The number of aromatic nitrogens is 5. The number of likely N-dealkylation sites (tertiary alicyclic amines) is 1. The summed E-state index contributed by atoms with van der Waals surface area (Å²) in [6.45, 7) is 5.84. The smallest absolute Gasteiger partial charge is 0.245 e. The van der Waals surface area contributed by atoms with Gasteiger partial charge in [-0.25, -0.2) is 18.7 Å². The lowest BCUT2D eigenvalue weighted by atomic mass is 10.0. The van der Waals surface area contributed by atoms with E-state index in [1.807, 2.05) is 6.07 Å². The molecule has 206 valence electrons. The minimum absolute atomic E-state index is 0.121. The van der Waals surface area contributed by atoms with Crippen molar-refractivity contribution in [3.8, 4) is 11.1 Å². The molecular weight excluding hydrogens is 518 g/mol. The third kappa shape index (κ3) is 5.23. The summed E-state index contributed by atoms with van der Waals surface area (Å²) in [5.41, 5.74) is 3.38. The molecule has 40 heavy (non-hydrogen) atoms. The van der Waals surface area contributed by atoms with Gasteiger partial charge in [-0.1, -0.05) is 6.07 Å². The molecule has 0 unspecified atom stereocenters. The largest absolute Gasteiger partial charge is 0.328 e. The minimum atomic E-state index is -1.36. The molecular formula is C29H28F2N6O3. The second kappa shape index (κ2) is 10.6. The first-order chi connectivity index (χ1) is 19.0. The average Bonchev–Trinajstić information content (AvgIpc) is 3.48. The van der Waals surface area contributed by atoms with Gasteiger partial charge in [0.1, 0.15) is 30.1 Å². The van der Waals surface area contributed by atoms with Crippen LogP contribution >= 0.6 is 0 Å². The van der Waals surface area contributed by atoms with Gasteiger partial charge in [-0.05, 0) is 50.1 Å². The highest BCUT2D eigenvalue weighted by atomic mass is 19.1. The van der Waals surface area contributed by atoms with Crippen molar-refractivity contribution in [2.24, 2.45) is 0 Å². The van der Waals surface area contributed by atoms with Gasteiger partial charge in [0.05, 0.1) is 35.9 Å². The zero-order valence-electron chi connectivity index (χ0n) is 22.6. The van der Waals surface area contributed by atoms with Crippen molar-refractivity contribution in [2.75, 3.05) is 6.54 Å². The van der Waals surface area contributed by atoms with Crippen molar-refractivity contribution in [1.82, 2.24) is 29.6 Å². The molecule has 2 atom stereocenters. The molecule has 4 heterocycles. The summed E-state index contributed by atoms with van der Waals surface area (Å²) < 4.78 is 29.8. The van der Waals surface area contributed by atoms with Crippen molar-refractivity contribution < 1.29 is 23.2 Å². The molecule has 9 nitrogen and oxygen atoms in total. The average molecular weight is 547 g/mol. The van der Waals surface area contributed by atoms with E-state index in [1.165, 1.54) is 29.5 Å². The summed E-state index contributed by atoms with van der Waals surface area (Å²) in [6, 6.07) is 5.72. The summed E-state index contributed by atoms with van der Waals surface area (Å²) in [4.78, 5) is 52.9. The van der Waals surface area contributed by atoms with Gasteiger partial charge in [-0.15, -0.1) is 0 Å². The third-order valence-electron chi connectivity index (χ3n) is 7.21. The Morgan fingerprint density at radius 1 is 1.05 bits per heavy atom. The van der Waals surface area contributed by atoms with Crippen LogP contribution in [0.1, 0.15) is 46.6 Å². The molecule has 1 saturated heterocycles. The quantitative estimate of drug-likeness (QED) is 0.323. The summed E-state index contributed by atoms with van der Waals surface area (Å²) in [7, 11) is 0. The lowest BCUT2D eigenvalue weighted by Crippen LogP contribution is -2.43. The number of aryl methyl sites for hydroxylation is 3. The Balaban J connectivity index is 1.41. The molecule has 11 heteroatoms. The first-order valence-corrected chi connectivity index (χ1v) is 12.9. The molecule has 1 aromatic carbocycles. The SMILES string of the molecule is CC(=O)c1nn(CC(=O)N2C[C@H](F)C[C@H]2C(=O)Cc2nc(C)c(F)cc2C)c2ccc(-c3cnc(C)nc3)cc12. The first kappa shape index (κ1) is 27.2. The van der Waals surface area contributed by atoms with Crippen molar-refractivity contribution in [2.45, 2.75) is 59.3 Å². The van der Waals surface area contributed by atoms with Crippen LogP contribution in [0.25, 0.3) is 22.0 Å². The van der Waals surface area contributed by atoms with Gasteiger partial charge in [-0.3, -0.25) is 24.0 Å². The zero-order valence-corrected chi connectivity index (χ0v) is 22.6. The van der Waals surface area contributed by atoms with Crippen LogP contribution in [0.2, 0.25) is 0 Å². The molecule has 1 aliphatic rings. The Morgan fingerprint density at radius 3 is 2.48 bits per heavy atom. The van der Waals surface area contributed by atoms with Crippen LogP contribution in [0.15, 0.2) is 36.7 Å². The molecule has 1 aliphatic heterocycles. The first-order valence-electron chi connectivity index (χ1n) is 12.9. The summed E-state index contributed by atoms with van der Waals surface area (Å²) in [6.07, 6.45) is 1.76. The number of pyridine rings is 1. The van der Waals surface area contributed by atoms with Crippen molar-refractivity contribution in [3.63, 3.8) is 0 Å². The fraction of sp³-hybridized carbons (Fsp3) is 0.345. The molecule has 1 amide bonds. The monoisotopic (exact) mass is 546 g/mol. The van der Waals surface area contributed by atoms with Crippen LogP contribution in [0.5, 0.6) is 0 Å². The molecule has 3 aromatic heterocycles. The topological polar surface area (TPSA) is 111 Å². The predicted molar refractivity (Wildman–Crippen MR) is 143 cm³/mol. The van der Waals surface area contributed by atoms with E-state index < -0.39 is 23.9 Å². The van der Waals surface area contributed by atoms with Crippen LogP contribution in [-0.2, 0) is 22.6 Å². The van der Waals surface area contributed by atoms with Gasteiger partial charge in [0.25, 0.3) is 0 Å². The van der Waals surface area contributed by atoms with Gasteiger partial charge in [0, 0.05) is 36.7 Å². The second-order valence-corrected chi connectivity index (χ2v) is 10.2. The molecule has 0 aliphatic carbocycles. The van der Waals surface area contributed by atoms with Gasteiger partial charge < -0.3 is 4.90 Å². The van der Waals surface area contributed by atoms with E-state index in [1.54, 1.807) is 38.4 Å². The number of carbonyl (C=O) groups excluding carboxylic acids is 3. The number of amides is 1. The highest BCUT2D eigenvalue weighted by Crippen LogP contribution is 2.28. The van der Waals surface area contributed by atoms with Crippen LogP contribution in [0.4, 0.5) is 8.78 Å². The fourth-order valence-electron chi connectivity index (χ4n) is 5.05. The Labute approximate surface area is 229 Å². The number of carbonyl (C=O) groups is 3. The van der Waals surface area contributed by atoms with Crippen molar-refractivity contribution in [3.05, 3.63) is 70.9 Å². The van der Waals surface area contributed by atoms with Gasteiger partial charge in [0.15, 0.2) is 11.6 Å². The number of alkyl halides is 1. The van der Waals surface area contributed by atoms with Gasteiger partial charge in [-0.2, -0.15) is 5.10 Å². The molecule has 1 fully saturated rings. The Bertz CT molecular complexity index is 1650. The number of fused-ring (bicyclic) bond motifs is 1. The zero-order chi connectivity index (χ0) is 28.7. The minimum Gasteiger partial charge on any atom is -0.328 e. The lowest BCUT2D eigenvalue weighted by Gasteiger charge is -2.23.